The lowest BCUT2D eigenvalue weighted by atomic mass is 10.1. The second kappa shape index (κ2) is 7.73. The number of aromatic nitrogens is 1. The minimum Gasteiger partial charge on any atom is -0.490 e. The first-order valence-electron chi connectivity index (χ1n) is 8.60. The summed E-state index contributed by atoms with van der Waals surface area (Å²) >= 11 is 1.50. The number of carbonyl (C=O) groups is 1. The molecule has 3 rings (SSSR count). The summed E-state index contributed by atoms with van der Waals surface area (Å²) in [7, 11) is 0. The highest BCUT2D eigenvalue weighted by molar-refractivity contribution is 7.11. The average molecular weight is 376 g/mol. The van der Waals surface area contributed by atoms with E-state index in [0.717, 1.165) is 15.4 Å². The fourth-order valence-corrected chi connectivity index (χ4v) is 3.79. The van der Waals surface area contributed by atoms with Gasteiger partial charge < -0.3 is 19.5 Å². The van der Waals surface area contributed by atoms with Crippen LogP contribution in [0.1, 0.15) is 25.9 Å². The van der Waals surface area contributed by atoms with Crippen molar-refractivity contribution >= 4 is 17.2 Å². The highest BCUT2D eigenvalue weighted by Crippen LogP contribution is 2.22. The number of aliphatic hydroxyl groups is 1. The predicted molar refractivity (Wildman–Crippen MR) is 99.9 cm³/mol. The summed E-state index contributed by atoms with van der Waals surface area (Å²) in [5, 5.41) is 11.8. The molecule has 1 amide bonds. The largest absolute Gasteiger partial charge is 0.490 e. The molecule has 2 aromatic rings. The third kappa shape index (κ3) is 4.23. The Hall–Kier alpha value is -1.96. The van der Waals surface area contributed by atoms with Crippen LogP contribution in [0, 0.1) is 20.8 Å². The van der Waals surface area contributed by atoms with Gasteiger partial charge in [0.05, 0.1) is 24.8 Å². The number of para-hydroxylation sites is 1. The fraction of sp³-hybridized carbons (Fsp3) is 0.474. The molecule has 0 aliphatic carbocycles. The number of benzene rings is 1. The quantitative estimate of drug-likeness (QED) is 0.887. The van der Waals surface area contributed by atoms with E-state index >= 15 is 0 Å². The smallest absolute Gasteiger partial charge is 0.273 e. The zero-order valence-electron chi connectivity index (χ0n) is 15.3. The van der Waals surface area contributed by atoms with E-state index in [1.165, 1.54) is 11.3 Å². The van der Waals surface area contributed by atoms with Crippen molar-refractivity contribution in [2.24, 2.45) is 0 Å². The van der Waals surface area contributed by atoms with Crippen LogP contribution in [0.2, 0.25) is 0 Å². The molecule has 0 bridgehead atoms. The van der Waals surface area contributed by atoms with Crippen LogP contribution in [-0.2, 0) is 4.74 Å². The van der Waals surface area contributed by atoms with Crippen LogP contribution in [0.5, 0.6) is 5.75 Å². The fourth-order valence-electron chi connectivity index (χ4n) is 2.99. The topological polar surface area (TPSA) is 71.9 Å². The summed E-state index contributed by atoms with van der Waals surface area (Å²) in [5.41, 5.74) is 0.177. The Kier molecular flexibility index (Phi) is 5.60. The lowest BCUT2D eigenvalue weighted by molar-refractivity contribution is -0.0622. The molecule has 1 unspecified atom stereocenters. The number of hydrogen-bond acceptors (Lipinski definition) is 6. The second-order valence-electron chi connectivity index (χ2n) is 6.70. The summed E-state index contributed by atoms with van der Waals surface area (Å²) in [5.74, 6) is 0.542. The van der Waals surface area contributed by atoms with E-state index in [2.05, 4.69) is 4.98 Å². The van der Waals surface area contributed by atoms with Gasteiger partial charge in [0, 0.05) is 11.4 Å². The number of thiazole rings is 1. The van der Waals surface area contributed by atoms with Gasteiger partial charge >= 0.3 is 0 Å². The van der Waals surface area contributed by atoms with E-state index in [-0.39, 0.29) is 25.7 Å². The molecule has 1 aliphatic heterocycles. The van der Waals surface area contributed by atoms with Gasteiger partial charge in [0.2, 0.25) is 0 Å². The van der Waals surface area contributed by atoms with Crippen molar-refractivity contribution in [2.75, 3.05) is 32.9 Å². The number of hydrogen-bond donors (Lipinski definition) is 1. The van der Waals surface area contributed by atoms with E-state index in [1.807, 2.05) is 45.0 Å². The average Bonchev–Trinajstić information content (AvgIpc) is 2.82. The number of ether oxygens (including phenoxy) is 2. The number of nitrogens with zero attached hydrogens (tertiary/aromatic N) is 2. The van der Waals surface area contributed by atoms with Crippen molar-refractivity contribution in [1.82, 2.24) is 9.88 Å². The van der Waals surface area contributed by atoms with Crippen LogP contribution in [0.25, 0.3) is 0 Å². The van der Waals surface area contributed by atoms with Crippen molar-refractivity contribution in [3.63, 3.8) is 0 Å². The second-order valence-corrected chi connectivity index (χ2v) is 8.10. The Bertz CT molecular complexity index is 792. The first-order chi connectivity index (χ1) is 12.4. The van der Waals surface area contributed by atoms with Crippen LogP contribution in [-0.4, -0.2) is 59.4 Å². The zero-order chi connectivity index (χ0) is 18.7. The summed E-state index contributed by atoms with van der Waals surface area (Å²) in [4.78, 5) is 19.7. The molecule has 1 aliphatic rings. The maximum atomic E-state index is 12.9. The Morgan fingerprint density at radius 1 is 1.38 bits per heavy atom. The van der Waals surface area contributed by atoms with Crippen LogP contribution in [0.15, 0.2) is 24.3 Å². The van der Waals surface area contributed by atoms with Crippen LogP contribution >= 0.6 is 11.3 Å². The molecule has 0 spiro atoms. The standard InChI is InChI=1S/C19H24N2O4S/c1-13-6-4-5-7-16(13)25-12-19(23)10-21(8-9-24-11-19)18(22)17-14(2)26-15(3)20-17/h4-7,23H,8-12H2,1-3H3. The van der Waals surface area contributed by atoms with Crippen molar-refractivity contribution < 1.29 is 19.4 Å². The van der Waals surface area contributed by atoms with Crippen molar-refractivity contribution in [2.45, 2.75) is 26.4 Å². The molecule has 140 valence electrons. The third-order valence-corrected chi connectivity index (χ3v) is 5.23. The molecule has 1 N–H and O–H groups in total. The molecule has 1 saturated heterocycles. The predicted octanol–water partition coefficient (Wildman–Crippen LogP) is 2.35. The summed E-state index contributed by atoms with van der Waals surface area (Å²) in [6, 6.07) is 7.64. The Labute approximate surface area is 157 Å². The molecular formula is C19H24N2O4S. The molecule has 0 saturated carbocycles. The molecule has 1 aromatic carbocycles. The van der Waals surface area contributed by atoms with Gasteiger partial charge in [-0.15, -0.1) is 11.3 Å². The van der Waals surface area contributed by atoms with Gasteiger partial charge in [0.1, 0.15) is 23.7 Å². The summed E-state index contributed by atoms with van der Waals surface area (Å²) in [6.45, 7) is 6.84. The monoisotopic (exact) mass is 376 g/mol. The number of β-amino-alcohol motifs (C(OH)–C–C–N with tert-alkyl or cyclic N) is 1. The molecular weight excluding hydrogens is 352 g/mol. The third-order valence-electron chi connectivity index (χ3n) is 4.34. The van der Waals surface area contributed by atoms with E-state index in [0.29, 0.717) is 24.6 Å². The van der Waals surface area contributed by atoms with E-state index in [1.54, 1.807) is 4.90 Å². The number of rotatable bonds is 4. The lowest BCUT2D eigenvalue weighted by Crippen LogP contribution is -2.50. The van der Waals surface area contributed by atoms with Gasteiger partial charge in [0.15, 0.2) is 0 Å². The van der Waals surface area contributed by atoms with Crippen LogP contribution in [0.4, 0.5) is 0 Å². The van der Waals surface area contributed by atoms with Gasteiger partial charge in [-0.3, -0.25) is 4.79 Å². The highest BCUT2D eigenvalue weighted by atomic mass is 32.1. The van der Waals surface area contributed by atoms with E-state index < -0.39 is 5.60 Å². The normalized spacial score (nSPS) is 20.7. The first kappa shape index (κ1) is 18.8. The maximum Gasteiger partial charge on any atom is 0.273 e. The SMILES string of the molecule is Cc1nc(C(=O)N2CCOCC(O)(COc3ccccc3C)C2)c(C)s1. The number of carbonyl (C=O) groups excluding carboxylic acids is 1. The molecule has 1 fully saturated rings. The maximum absolute atomic E-state index is 12.9. The summed E-state index contributed by atoms with van der Waals surface area (Å²) in [6.07, 6.45) is 0. The van der Waals surface area contributed by atoms with Crippen LogP contribution < -0.4 is 4.74 Å². The van der Waals surface area contributed by atoms with Gasteiger partial charge in [-0.05, 0) is 32.4 Å². The molecule has 2 heterocycles. The number of aryl methyl sites for hydroxylation is 3. The minimum absolute atomic E-state index is 0.0523. The molecule has 0 radical (unpaired) electrons. The molecule has 26 heavy (non-hydrogen) atoms. The molecule has 7 heteroatoms. The Morgan fingerprint density at radius 2 is 2.15 bits per heavy atom. The van der Waals surface area contributed by atoms with Gasteiger partial charge in [-0.1, -0.05) is 18.2 Å². The lowest BCUT2D eigenvalue weighted by Gasteiger charge is -2.30. The highest BCUT2D eigenvalue weighted by Gasteiger charge is 2.36. The van der Waals surface area contributed by atoms with Gasteiger partial charge in [0.25, 0.3) is 5.91 Å². The molecule has 1 atom stereocenters. The zero-order valence-corrected chi connectivity index (χ0v) is 16.1. The van der Waals surface area contributed by atoms with Crippen molar-refractivity contribution in [3.8, 4) is 5.75 Å². The Balaban J connectivity index is 1.72. The van der Waals surface area contributed by atoms with E-state index in [9.17, 15) is 9.90 Å². The summed E-state index contributed by atoms with van der Waals surface area (Å²) < 4.78 is 11.4. The van der Waals surface area contributed by atoms with Crippen molar-refractivity contribution in [3.05, 3.63) is 45.4 Å². The van der Waals surface area contributed by atoms with Gasteiger partial charge in [-0.2, -0.15) is 0 Å². The Morgan fingerprint density at radius 3 is 2.85 bits per heavy atom. The van der Waals surface area contributed by atoms with Crippen molar-refractivity contribution in [1.29, 1.82) is 0 Å². The van der Waals surface area contributed by atoms with Crippen LogP contribution in [0.3, 0.4) is 0 Å². The number of amides is 1. The minimum atomic E-state index is -1.27. The molecule has 1 aromatic heterocycles. The van der Waals surface area contributed by atoms with Gasteiger partial charge in [-0.25, -0.2) is 4.98 Å². The molecule has 6 nitrogen and oxygen atoms in total. The van der Waals surface area contributed by atoms with E-state index in [4.69, 9.17) is 9.47 Å². The first-order valence-corrected chi connectivity index (χ1v) is 9.41.